The molecule has 22 heavy (non-hydrogen) atoms. The molecule has 3 aromatic rings. The number of nitrogen functional groups attached to an aromatic ring is 1. The van der Waals surface area contributed by atoms with Crippen molar-refractivity contribution in [1.82, 2.24) is 14.9 Å². The van der Waals surface area contributed by atoms with Crippen LogP contribution in [-0.2, 0) is 13.1 Å². The summed E-state index contributed by atoms with van der Waals surface area (Å²) in [5.41, 5.74) is 8.31. The molecular weight excluding hydrogens is 296 g/mol. The van der Waals surface area contributed by atoms with Crippen molar-refractivity contribution in [3.8, 4) is 0 Å². The van der Waals surface area contributed by atoms with E-state index >= 15 is 0 Å². The van der Waals surface area contributed by atoms with E-state index in [1.807, 2.05) is 34.2 Å². The number of benzene rings is 1. The van der Waals surface area contributed by atoms with Gasteiger partial charge >= 0.3 is 0 Å². The first-order valence-electron chi connectivity index (χ1n) is 7.25. The topological polar surface area (TPSA) is 72.9 Å². The third-order valence-corrected chi connectivity index (χ3v) is 4.34. The number of aromatic nitrogens is 2. The molecule has 0 aliphatic rings. The largest absolute Gasteiger partial charge is 0.396 e. The number of hydrogen-bond donors (Lipinski definition) is 2. The number of para-hydroxylation sites is 1. The van der Waals surface area contributed by atoms with Crippen LogP contribution >= 0.6 is 11.3 Å². The lowest BCUT2D eigenvalue weighted by Crippen LogP contribution is -2.26. The van der Waals surface area contributed by atoms with E-state index in [9.17, 15) is 4.79 Å². The number of fused-ring (bicyclic) bond motifs is 1. The first-order valence-corrected chi connectivity index (χ1v) is 8.13. The predicted octanol–water partition coefficient (Wildman–Crippen LogP) is 3.02. The van der Waals surface area contributed by atoms with Crippen LogP contribution in [0.5, 0.6) is 0 Å². The number of hydrogen-bond acceptors (Lipinski definition) is 4. The van der Waals surface area contributed by atoms with Gasteiger partial charge in [-0.1, -0.05) is 25.1 Å². The molecule has 0 atom stereocenters. The van der Waals surface area contributed by atoms with E-state index in [2.05, 4.69) is 17.2 Å². The predicted molar refractivity (Wildman–Crippen MR) is 89.9 cm³/mol. The molecule has 0 saturated carbocycles. The van der Waals surface area contributed by atoms with Gasteiger partial charge in [0.2, 0.25) is 0 Å². The summed E-state index contributed by atoms with van der Waals surface area (Å²) in [5, 5.41) is 6.61. The Morgan fingerprint density at radius 3 is 2.95 bits per heavy atom. The quantitative estimate of drug-likeness (QED) is 0.760. The molecule has 2 aromatic heterocycles. The van der Waals surface area contributed by atoms with Crippen molar-refractivity contribution >= 4 is 33.8 Å². The van der Waals surface area contributed by atoms with Gasteiger partial charge in [0.15, 0.2) is 0 Å². The number of rotatable bonds is 5. The lowest BCUT2D eigenvalue weighted by molar-refractivity contribution is 0.0943. The zero-order chi connectivity index (χ0) is 15.5. The van der Waals surface area contributed by atoms with Crippen LogP contribution in [0.1, 0.15) is 28.8 Å². The normalized spacial score (nSPS) is 11.0. The molecule has 0 aliphatic carbocycles. The van der Waals surface area contributed by atoms with Crippen molar-refractivity contribution in [2.75, 3.05) is 5.73 Å². The molecule has 114 valence electrons. The highest BCUT2D eigenvalue weighted by Gasteiger charge is 2.20. The second-order valence-corrected chi connectivity index (χ2v) is 6.02. The maximum Gasteiger partial charge on any atom is 0.270 e. The SMILES string of the molecule is CCCn1c(C(=O)NCc2nccs2)c(N)c2ccccc21. The van der Waals surface area contributed by atoms with Gasteiger partial charge in [-0.15, -0.1) is 11.3 Å². The Balaban J connectivity index is 1.96. The van der Waals surface area contributed by atoms with E-state index in [0.717, 1.165) is 28.9 Å². The maximum absolute atomic E-state index is 12.6. The summed E-state index contributed by atoms with van der Waals surface area (Å²) in [4.78, 5) is 16.8. The van der Waals surface area contributed by atoms with Gasteiger partial charge in [0.1, 0.15) is 10.7 Å². The van der Waals surface area contributed by atoms with Crippen molar-refractivity contribution < 1.29 is 4.79 Å². The Morgan fingerprint density at radius 1 is 1.41 bits per heavy atom. The molecule has 1 aromatic carbocycles. The first-order chi connectivity index (χ1) is 10.7. The standard InChI is InChI=1S/C16H18N4OS/c1-2-8-20-12-6-4-3-5-11(12)14(17)15(20)16(21)19-10-13-18-7-9-22-13/h3-7,9H,2,8,10,17H2,1H3,(H,19,21). The summed E-state index contributed by atoms with van der Waals surface area (Å²) >= 11 is 1.52. The molecule has 1 amide bonds. The van der Waals surface area contributed by atoms with Crippen LogP contribution < -0.4 is 11.1 Å². The maximum atomic E-state index is 12.6. The van der Waals surface area contributed by atoms with Crippen LogP contribution in [0.3, 0.4) is 0 Å². The van der Waals surface area contributed by atoms with Gasteiger partial charge in [-0.25, -0.2) is 4.98 Å². The number of nitrogens with two attached hydrogens (primary N) is 1. The number of nitrogens with one attached hydrogen (secondary N) is 1. The zero-order valence-corrected chi connectivity index (χ0v) is 13.2. The Bertz CT molecular complexity index is 792. The smallest absolute Gasteiger partial charge is 0.270 e. The number of amides is 1. The van der Waals surface area contributed by atoms with Crippen LogP contribution in [0.15, 0.2) is 35.8 Å². The summed E-state index contributed by atoms with van der Waals surface area (Å²) in [6, 6.07) is 7.85. The molecule has 2 heterocycles. The van der Waals surface area contributed by atoms with Crippen LogP contribution in [0, 0.1) is 0 Å². The van der Waals surface area contributed by atoms with Gasteiger partial charge in [-0.2, -0.15) is 0 Å². The van der Waals surface area contributed by atoms with Gasteiger partial charge < -0.3 is 15.6 Å². The zero-order valence-electron chi connectivity index (χ0n) is 12.4. The summed E-state index contributed by atoms with van der Waals surface area (Å²) < 4.78 is 2.00. The molecule has 0 radical (unpaired) electrons. The average molecular weight is 314 g/mol. The highest BCUT2D eigenvalue weighted by molar-refractivity contribution is 7.09. The molecule has 0 spiro atoms. The Labute approximate surface area is 132 Å². The highest BCUT2D eigenvalue weighted by atomic mass is 32.1. The van der Waals surface area contributed by atoms with Crippen LogP contribution in [0.25, 0.3) is 10.9 Å². The molecule has 5 nitrogen and oxygen atoms in total. The minimum absolute atomic E-state index is 0.155. The fourth-order valence-corrected chi connectivity index (χ4v) is 3.17. The van der Waals surface area contributed by atoms with E-state index in [4.69, 9.17) is 5.73 Å². The highest BCUT2D eigenvalue weighted by Crippen LogP contribution is 2.28. The van der Waals surface area contributed by atoms with Gasteiger partial charge in [-0.3, -0.25) is 4.79 Å². The number of nitrogens with zero attached hydrogens (tertiary/aromatic N) is 2. The minimum Gasteiger partial charge on any atom is -0.396 e. The molecule has 0 saturated heterocycles. The van der Waals surface area contributed by atoms with Crippen molar-refractivity contribution in [3.63, 3.8) is 0 Å². The Kier molecular flexibility index (Phi) is 4.11. The Morgan fingerprint density at radius 2 is 2.23 bits per heavy atom. The van der Waals surface area contributed by atoms with E-state index in [0.29, 0.717) is 17.9 Å². The number of anilines is 1. The number of thiazole rings is 1. The fraction of sp³-hybridized carbons (Fsp3) is 0.250. The summed E-state index contributed by atoms with van der Waals surface area (Å²) in [6.45, 7) is 3.27. The van der Waals surface area contributed by atoms with Gasteiger partial charge in [0.05, 0.1) is 17.7 Å². The summed E-state index contributed by atoms with van der Waals surface area (Å²) in [7, 11) is 0. The van der Waals surface area contributed by atoms with E-state index in [-0.39, 0.29) is 5.91 Å². The molecule has 6 heteroatoms. The second-order valence-electron chi connectivity index (χ2n) is 5.04. The van der Waals surface area contributed by atoms with Gasteiger partial charge in [-0.05, 0) is 12.5 Å². The van der Waals surface area contributed by atoms with E-state index in [1.165, 1.54) is 11.3 Å². The lowest BCUT2D eigenvalue weighted by atomic mass is 10.2. The van der Waals surface area contributed by atoms with Gasteiger partial charge in [0, 0.05) is 23.5 Å². The fourth-order valence-electron chi connectivity index (χ4n) is 2.61. The van der Waals surface area contributed by atoms with E-state index in [1.54, 1.807) is 6.20 Å². The van der Waals surface area contributed by atoms with Crippen LogP contribution in [0.4, 0.5) is 5.69 Å². The first kappa shape index (κ1) is 14.6. The molecule has 0 fully saturated rings. The van der Waals surface area contributed by atoms with Crippen LogP contribution in [0.2, 0.25) is 0 Å². The second kappa shape index (κ2) is 6.19. The minimum atomic E-state index is -0.155. The summed E-state index contributed by atoms with van der Waals surface area (Å²) in [5.74, 6) is -0.155. The van der Waals surface area contributed by atoms with Gasteiger partial charge in [0.25, 0.3) is 5.91 Å². The summed E-state index contributed by atoms with van der Waals surface area (Å²) in [6.07, 6.45) is 2.67. The van der Waals surface area contributed by atoms with Crippen molar-refractivity contribution in [3.05, 3.63) is 46.5 Å². The third kappa shape index (κ3) is 2.57. The number of aryl methyl sites for hydroxylation is 1. The molecule has 0 unspecified atom stereocenters. The Hall–Kier alpha value is -2.34. The molecular formula is C16H18N4OS. The number of carbonyl (C=O) groups excluding carboxylic acids is 1. The van der Waals surface area contributed by atoms with Crippen molar-refractivity contribution in [2.24, 2.45) is 0 Å². The molecule has 0 aliphatic heterocycles. The third-order valence-electron chi connectivity index (χ3n) is 3.56. The molecule has 3 N–H and O–H groups in total. The van der Waals surface area contributed by atoms with Crippen LogP contribution in [-0.4, -0.2) is 15.5 Å². The number of carbonyl (C=O) groups is 1. The molecule has 0 bridgehead atoms. The van der Waals surface area contributed by atoms with Crippen molar-refractivity contribution in [1.29, 1.82) is 0 Å². The lowest BCUT2D eigenvalue weighted by Gasteiger charge is -2.10. The van der Waals surface area contributed by atoms with Crippen molar-refractivity contribution in [2.45, 2.75) is 26.4 Å². The molecule has 3 rings (SSSR count). The van der Waals surface area contributed by atoms with E-state index < -0.39 is 0 Å². The monoisotopic (exact) mass is 314 g/mol. The average Bonchev–Trinajstić information content (AvgIpc) is 3.14.